The fourth-order valence-electron chi connectivity index (χ4n) is 3.85. The largest absolute Gasteiger partial charge is 0.384 e. The molecule has 1 aliphatic rings. The van der Waals surface area contributed by atoms with Crippen LogP contribution in [0, 0.1) is 23.4 Å². The molecule has 180 valence electrons. The second kappa shape index (κ2) is 10.8. The van der Waals surface area contributed by atoms with Crippen LogP contribution in [-0.4, -0.2) is 58.3 Å². The van der Waals surface area contributed by atoms with Crippen LogP contribution in [0.15, 0.2) is 12.1 Å². The van der Waals surface area contributed by atoms with E-state index >= 15 is 0 Å². The summed E-state index contributed by atoms with van der Waals surface area (Å²) < 4.78 is 48.6. The van der Waals surface area contributed by atoms with Gasteiger partial charge in [-0.05, 0) is 24.5 Å². The zero-order chi connectivity index (χ0) is 24.1. The molecule has 0 bridgehead atoms. The van der Waals surface area contributed by atoms with E-state index in [1.807, 2.05) is 18.4 Å². The number of hydrogen-bond donors (Lipinski definition) is 1. The van der Waals surface area contributed by atoms with Gasteiger partial charge in [-0.1, -0.05) is 13.8 Å². The fraction of sp³-hybridized carbons (Fsp3) is 0.545. The van der Waals surface area contributed by atoms with Crippen LogP contribution in [0.25, 0.3) is 0 Å². The van der Waals surface area contributed by atoms with Crippen LogP contribution in [0.1, 0.15) is 54.7 Å². The molecular weight excluding hydrogens is 439 g/mol. The summed E-state index contributed by atoms with van der Waals surface area (Å²) in [7, 11) is 1.52. The Labute approximate surface area is 190 Å². The molecule has 0 radical (unpaired) electrons. The van der Waals surface area contributed by atoms with Crippen LogP contribution < -0.4 is 5.32 Å². The van der Waals surface area contributed by atoms with Gasteiger partial charge in [-0.25, -0.2) is 13.2 Å². The summed E-state index contributed by atoms with van der Waals surface area (Å²) >= 11 is 0. The molecule has 0 saturated carbocycles. The molecule has 0 saturated heterocycles. The maximum atomic E-state index is 14.1. The first kappa shape index (κ1) is 24.7. The molecule has 2 amide bonds. The van der Waals surface area contributed by atoms with E-state index in [1.54, 1.807) is 0 Å². The number of nitrogens with zero attached hydrogens (tertiary/aromatic N) is 4. The maximum Gasteiger partial charge on any atom is 0.260 e. The maximum absolute atomic E-state index is 14.1. The van der Waals surface area contributed by atoms with E-state index in [4.69, 9.17) is 4.74 Å². The molecule has 11 heteroatoms. The first-order valence-corrected chi connectivity index (χ1v) is 10.9. The SMILES string of the molecule is COCCC(=O)N[C@H](CC(C)C)c1nnc2n1CCN(C(=O)c1c(F)ccc(F)c1F)CC2. The molecule has 0 aliphatic carbocycles. The fourth-order valence-corrected chi connectivity index (χ4v) is 3.85. The van der Waals surface area contributed by atoms with E-state index in [9.17, 15) is 22.8 Å². The molecular formula is C22H28F3N5O3. The number of halogens is 3. The summed E-state index contributed by atoms with van der Waals surface area (Å²) in [6.07, 6.45) is 1.13. The highest BCUT2D eigenvalue weighted by atomic mass is 19.2. The number of fused-ring (bicyclic) bond motifs is 1. The van der Waals surface area contributed by atoms with Crippen LogP contribution in [0.4, 0.5) is 13.2 Å². The smallest absolute Gasteiger partial charge is 0.260 e. The molecule has 1 N–H and O–H groups in total. The van der Waals surface area contributed by atoms with Crippen molar-refractivity contribution in [3.8, 4) is 0 Å². The quantitative estimate of drug-likeness (QED) is 0.603. The number of aromatic nitrogens is 3. The second-order valence-corrected chi connectivity index (χ2v) is 8.38. The highest BCUT2D eigenvalue weighted by Gasteiger charge is 2.30. The van der Waals surface area contributed by atoms with Gasteiger partial charge in [0.1, 0.15) is 17.2 Å². The number of carbonyl (C=O) groups excluding carboxylic acids is 2. The minimum absolute atomic E-state index is 0.123. The monoisotopic (exact) mass is 467 g/mol. The highest BCUT2D eigenvalue weighted by molar-refractivity contribution is 5.94. The van der Waals surface area contributed by atoms with Crippen molar-refractivity contribution in [3.05, 3.63) is 46.8 Å². The highest BCUT2D eigenvalue weighted by Crippen LogP contribution is 2.24. The van der Waals surface area contributed by atoms with Crippen molar-refractivity contribution in [1.82, 2.24) is 25.0 Å². The van der Waals surface area contributed by atoms with E-state index < -0.39 is 35.0 Å². The third-order valence-corrected chi connectivity index (χ3v) is 5.49. The van der Waals surface area contributed by atoms with Gasteiger partial charge in [0.15, 0.2) is 17.5 Å². The topological polar surface area (TPSA) is 89.3 Å². The minimum Gasteiger partial charge on any atom is -0.384 e. The van der Waals surface area contributed by atoms with E-state index in [1.165, 1.54) is 12.0 Å². The molecule has 0 unspecified atom stereocenters. The molecule has 1 atom stereocenters. The predicted octanol–water partition coefficient (Wildman–Crippen LogP) is 2.63. The molecule has 0 spiro atoms. The van der Waals surface area contributed by atoms with Crippen molar-refractivity contribution in [2.45, 2.75) is 45.7 Å². The molecule has 1 aromatic carbocycles. The zero-order valence-electron chi connectivity index (χ0n) is 18.9. The number of rotatable bonds is 8. The first-order valence-electron chi connectivity index (χ1n) is 10.9. The van der Waals surface area contributed by atoms with Crippen molar-refractivity contribution in [3.63, 3.8) is 0 Å². The van der Waals surface area contributed by atoms with Crippen molar-refractivity contribution in [1.29, 1.82) is 0 Å². The van der Waals surface area contributed by atoms with Gasteiger partial charge >= 0.3 is 0 Å². The normalized spacial score (nSPS) is 14.7. The number of carbonyl (C=O) groups is 2. The third-order valence-electron chi connectivity index (χ3n) is 5.49. The van der Waals surface area contributed by atoms with Gasteiger partial charge in [0.2, 0.25) is 5.91 Å². The van der Waals surface area contributed by atoms with E-state index in [0.29, 0.717) is 37.2 Å². The lowest BCUT2D eigenvalue weighted by molar-refractivity contribution is -0.122. The van der Waals surface area contributed by atoms with Gasteiger partial charge in [-0.15, -0.1) is 10.2 Å². The summed E-state index contributed by atoms with van der Waals surface area (Å²) in [5.74, 6) is -3.58. The Hall–Kier alpha value is -2.95. The van der Waals surface area contributed by atoms with E-state index in [-0.39, 0.29) is 37.9 Å². The summed E-state index contributed by atoms with van der Waals surface area (Å²) in [6.45, 7) is 4.87. The average molecular weight is 467 g/mol. The predicted molar refractivity (Wildman–Crippen MR) is 113 cm³/mol. The third kappa shape index (κ3) is 5.70. The molecule has 2 aromatic rings. The average Bonchev–Trinajstić information content (AvgIpc) is 3.05. The van der Waals surface area contributed by atoms with Gasteiger partial charge in [0, 0.05) is 39.6 Å². The van der Waals surface area contributed by atoms with Crippen LogP contribution in [0.2, 0.25) is 0 Å². The molecule has 0 fully saturated rings. The lowest BCUT2D eigenvalue weighted by Gasteiger charge is -2.22. The van der Waals surface area contributed by atoms with Crippen molar-refractivity contribution in [2.75, 3.05) is 26.8 Å². The van der Waals surface area contributed by atoms with Crippen molar-refractivity contribution < 1.29 is 27.5 Å². The molecule has 1 aromatic heterocycles. The summed E-state index contributed by atoms with van der Waals surface area (Å²) in [4.78, 5) is 26.4. The van der Waals surface area contributed by atoms with Gasteiger partial charge < -0.3 is 19.5 Å². The van der Waals surface area contributed by atoms with Crippen molar-refractivity contribution in [2.24, 2.45) is 5.92 Å². The van der Waals surface area contributed by atoms with Gasteiger partial charge in [-0.3, -0.25) is 9.59 Å². The molecule has 8 nitrogen and oxygen atoms in total. The van der Waals surface area contributed by atoms with Gasteiger partial charge in [0.05, 0.1) is 12.6 Å². The van der Waals surface area contributed by atoms with E-state index in [0.717, 1.165) is 6.07 Å². The Morgan fingerprint density at radius 1 is 1.12 bits per heavy atom. The Morgan fingerprint density at radius 3 is 2.55 bits per heavy atom. The van der Waals surface area contributed by atoms with Gasteiger partial charge in [0.25, 0.3) is 5.91 Å². The summed E-state index contributed by atoms with van der Waals surface area (Å²) in [5, 5.41) is 11.5. The van der Waals surface area contributed by atoms with E-state index in [2.05, 4.69) is 15.5 Å². The number of hydrogen-bond acceptors (Lipinski definition) is 5. The molecule has 1 aliphatic heterocycles. The summed E-state index contributed by atoms with van der Waals surface area (Å²) in [6, 6.07) is 0.989. The molecule has 33 heavy (non-hydrogen) atoms. The lowest BCUT2D eigenvalue weighted by Crippen LogP contribution is -2.36. The molecule has 2 heterocycles. The minimum atomic E-state index is -1.50. The lowest BCUT2D eigenvalue weighted by atomic mass is 10.0. The van der Waals surface area contributed by atoms with Crippen LogP contribution in [0.3, 0.4) is 0 Å². The van der Waals surface area contributed by atoms with Crippen LogP contribution in [0.5, 0.6) is 0 Å². The molecule has 3 rings (SSSR count). The number of nitrogens with one attached hydrogen (secondary N) is 1. The van der Waals surface area contributed by atoms with Crippen LogP contribution >= 0.6 is 0 Å². The first-order chi connectivity index (χ1) is 15.7. The van der Waals surface area contributed by atoms with Crippen molar-refractivity contribution >= 4 is 11.8 Å². The van der Waals surface area contributed by atoms with Crippen LogP contribution in [-0.2, 0) is 22.5 Å². The zero-order valence-corrected chi connectivity index (χ0v) is 18.9. The number of methoxy groups -OCH3 is 1. The number of benzene rings is 1. The number of ether oxygens (including phenoxy) is 1. The Kier molecular flexibility index (Phi) is 8.06. The standard InChI is InChI=1S/C22H28F3N5O3/c1-13(2)12-16(26-18(31)7-11-33-3)21-28-27-17-6-8-29(9-10-30(17)21)22(32)19-14(23)4-5-15(24)20(19)25/h4-5,13,16H,6-12H2,1-3H3,(H,26,31)/t16-/m1/s1. The second-order valence-electron chi connectivity index (χ2n) is 8.38. The Balaban J connectivity index is 1.80. The Bertz CT molecular complexity index is 1010. The summed E-state index contributed by atoms with van der Waals surface area (Å²) in [5.41, 5.74) is -0.907. The van der Waals surface area contributed by atoms with Gasteiger partial charge in [-0.2, -0.15) is 0 Å². The number of amides is 2. The Morgan fingerprint density at radius 2 is 1.85 bits per heavy atom.